The Kier molecular flexibility index (Phi) is 3.44. The molecule has 1 heterocycles. The topological polar surface area (TPSA) is 62.8 Å². The third-order valence-electron chi connectivity index (χ3n) is 3.35. The zero-order valence-corrected chi connectivity index (χ0v) is 11.9. The van der Waals surface area contributed by atoms with E-state index in [1.54, 1.807) is 6.92 Å². The van der Waals surface area contributed by atoms with E-state index in [0.29, 0.717) is 10.9 Å². The van der Waals surface area contributed by atoms with Gasteiger partial charge in [0.05, 0.1) is 5.25 Å². The Bertz CT molecular complexity index is 724. The van der Waals surface area contributed by atoms with Crippen LogP contribution >= 0.6 is 11.8 Å². The summed E-state index contributed by atoms with van der Waals surface area (Å²) in [5.74, 6) is 0.126. The van der Waals surface area contributed by atoms with Gasteiger partial charge in [-0.3, -0.25) is 9.59 Å². The number of aryl methyl sites for hydroxylation is 2. The number of benzene rings is 1. The van der Waals surface area contributed by atoms with Crippen LogP contribution in [-0.4, -0.2) is 21.0 Å². The fourth-order valence-corrected chi connectivity index (χ4v) is 3.52. The van der Waals surface area contributed by atoms with Crippen molar-refractivity contribution in [3.05, 3.63) is 57.5 Å². The number of hydrogen-bond donors (Lipinski definition) is 1. The average molecular weight is 286 g/mol. The van der Waals surface area contributed by atoms with Gasteiger partial charge in [-0.2, -0.15) is 0 Å². The first-order valence-electron chi connectivity index (χ1n) is 6.50. The third-order valence-corrected chi connectivity index (χ3v) is 4.50. The van der Waals surface area contributed by atoms with Crippen molar-refractivity contribution in [1.29, 1.82) is 0 Å². The highest BCUT2D eigenvalue weighted by Crippen LogP contribution is 2.31. The minimum Gasteiger partial charge on any atom is -0.301 e. The maximum absolute atomic E-state index is 12.5. The Morgan fingerprint density at radius 2 is 2.10 bits per heavy atom. The Balaban J connectivity index is 1.86. The van der Waals surface area contributed by atoms with Gasteiger partial charge in [-0.05, 0) is 25.3 Å². The van der Waals surface area contributed by atoms with E-state index in [2.05, 4.69) is 9.97 Å². The summed E-state index contributed by atoms with van der Waals surface area (Å²) in [5, 5.41) is 0.350. The lowest BCUT2D eigenvalue weighted by molar-refractivity contribution is 0.0979. The first kappa shape index (κ1) is 13.1. The number of aromatic amines is 1. The molecule has 102 valence electrons. The Hall–Kier alpha value is -1.88. The predicted molar refractivity (Wildman–Crippen MR) is 78.3 cm³/mol. The molecule has 0 bridgehead atoms. The van der Waals surface area contributed by atoms with E-state index >= 15 is 0 Å². The molecule has 5 heteroatoms. The van der Waals surface area contributed by atoms with Crippen LogP contribution < -0.4 is 5.56 Å². The van der Waals surface area contributed by atoms with Gasteiger partial charge in [0.2, 0.25) is 0 Å². The maximum atomic E-state index is 12.5. The van der Waals surface area contributed by atoms with Crippen molar-refractivity contribution in [2.45, 2.75) is 30.2 Å². The van der Waals surface area contributed by atoms with Crippen LogP contribution in [0.3, 0.4) is 0 Å². The van der Waals surface area contributed by atoms with Crippen LogP contribution in [0.4, 0.5) is 0 Å². The van der Waals surface area contributed by atoms with Crippen molar-refractivity contribution in [2.75, 3.05) is 0 Å². The molecule has 0 amide bonds. The molecule has 2 aromatic rings. The minimum atomic E-state index is -0.177. The van der Waals surface area contributed by atoms with E-state index in [0.717, 1.165) is 24.0 Å². The van der Waals surface area contributed by atoms with Gasteiger partial charge in [0, 0.05) is 17.3 Å². The monoisotopic (exact) mass is 286 g/mol. The van der Waals surface area contributed by atoms with E-state index in [1.807, 2.05) is 24.3 Å². The number of Topliss-reactive ketones (excluding diaryl/α,β-unsaturated/α-hetero) is 1. The van der Waals surface area contributed by atoms with Crippen LogP contribution in [-0.2, 0) is 6.42 Å². The van der Waals surface area contributed by atoms with Crippen molar-refractivity contribution >= 4 is 17.5 Å². The molecule has 0 spiro atoms. The van der Waals surface area contributed by atoms with E-state index < -0.39 is 0 Å². The number of rotatable bonds is 2. The third kappa shape index (κ3) is 2.54. The summed E-state index contributed by atoms with van der Waals surface area (Å²) in [6, 6.07) is 9.16. The molecule has 1 aromatic carbocycles. The molecule has 1 aromatic heterocycles. The molecule has 20 heavy (non-hydrogen) atoms. The lowest BCUT2D eigenvalue weighted by atomic mass is 9.90. The van der Waals surface area contributed by atoms with Gasteiger partial charge in [0.25, 0.3) is 5.56 Å². The van der Waals surface area contributed by atoms with Crippen LogP contribution in [0.15, 0.2) is 40.3 Å². The van der Waals surface area contributed by atoms with Crippen LogP contribution in [0.2, 0.25) is 0 Å². The summed E-state index contributed by atoms with van der Waals surface area (Å²) in [4.78, 5) is 30.8. The van der Waals surface area contributed by atoms with Crippen molar-refractivity contribution in [3.8, 4) is 0 Å². The number of ketones is 1. The molecule has 1 aliphatic carbocycles. The van der Waals surface area contributed by atoms with E-state index in [4.69, 9.17) is 0 Å². The fraction of sp³-hybridized carbons (Fsp3) is 0.267. The standard InChI is InChI=1S/C15H14N2O2S/c1-9-8-13(18)17-15(16-9)20-12-7-6-10-4-2-3-5-11(10)14(12)19/h2-5,8,12H,6-7H2,1H3,(H,16,17,18). The van der Waals surface area contributed by atoms with Gasteiger partial charge < -0.3 is 4.98 Å². The smallest absolute Gasteiger partial charge is 0.251 e. The molecule has 1 unspecified atom stereocenters. The molecular formula is C15H14N2O2S. The molecular weight excluding hydrogens is 272 g/mol. The zero-order valence-electron chi connectivity index (χ0n) is 11.1. The Morgan fingerprint density at radius 1 is 1.30 bits per heavy atom. The first-order valence-corrected chi connectivity index (χ1v) is 7.38. The first-order chi connectivity index (χ1) is 9.63. The van der Waals surface area contributed by atoms with Crippen molar-refractivity contribution in [2.24, 2.45) is 0 Å². The Morgan fingerprint density at radius 3 is 2.90 bits per heavy atom. The molecule has 4 nitrogen and oxygen atoms in total. The number of nitrogens with zero attached hydrogens (tertiary/aromatic N) is 1. The second-order valence-electron chi connectivity index (χ2n) is 4.86. The summed E-state index contributed by atoms with van der Waals surface area (Å²) in [6.07, 6.45) is 1.66. The molecule has 0 radical (unpaired) electrons. The zero-order chi connectivity index (χ0) is 14.1. The highest BCUT2D eigenvalue weighted by Gasteiger charge is 2.28. The van der Waals surface area contributed by atoms with E-state index in [1.165, 1.54) is 17.8 Å². The second kappa shape index (κ2) is 5.25. The molecule has 0 saturated heterocycles. The van der Waals surface area contributed by atoms with E-state index in [-0.39, 0.29) is 16.6 Å². The number of carbonyl (C=O) groups is 1. The predicted octanol–water partition coefficient (Wildman–Crippen LogP) is 2.37. The minimum absolute atomic E-state index is 0.126. The molecule has 0 saturated carbocycles. The van der Waals surface area contributed by atoms with Gasteiger partial charge in [-0.15, -0.1) is 0 Å². The van der Waals surface area contributed by atoms with E-state index in [9.17, 15) is 9.59 Å². The average Bonchev–Trinajstić information content (AvgIpc) is 2.41. The van der Waals surface area contributed by atoms with Gasteiger partial charge in [0.15, 0.2) is 10.9 Å². The van der Waals surface area contributed by atoms with Crippen molar-refractivity contribution in [3.63, 3.8) is 0 Å². The maximum Gasteiger partial charge on any atom is 0.251 e. The van der Waals surface area contributed by atoms with Crippen LogP contribution in [0, 0.1) is 6.92 Å². The molecule has 0 fully saturated rings. The Labute approximate surface area is 120 Å². The molecule has 3 rings (SSSR count). The number of H-pyrrole nitrogens is 1. The van der Waals surface area contributed by atoms with Crippen molar-refractivity contribution in [1.82, 2.24) is 9.97 Å². The number of aromatic nitrogens is 2. The quantitative estimate of drug-likeness (QED) is 0.861. The van der Waals surface area contributed by atoms with Gasteiger partial charge in [0.1, 0.15) is 0 Å². The van der Waals surface area contributed by atoms with Crippen LogP contribution in [0.5, 0.6) is 0 Å². The van der Waals surface area contributed by atoms with Gasteiger partial charge in [-0.25, -0.2) is 4.98 Å². The largest absolute Gasteiger partial charge is 0.301 e. The highest BCUT2D eigenvalue weighted by molar-refractivity contribution is 8.00. The summed E-state index contributed by atoms with van der Waals surface area (Å²) in [7, 11) is 0. The molecule has 1 N–H and O–H groups in total. The number of hydrogen-bond acceptors (Lipinski definition) is 4. The lowest BCUT2D eigenvalue weighted by Gasteiger charge is -2.22. The molecule has 0 aliphatic heterocycles. The summed E-state index contributed by atoms with van der Waals surface area (Å²) in [5.41, 5.74) is 2.40. The number of thioether (sulfide) groups is 1. The van der Waals surface area contributed by atoms with Crippen molar-refractivity contribution < 1.29 is 4.79 Å². The lowest BCUT2D eigenvalue weighted by Crippen LogP contribution is -2.25. The van der Waals surface area contributed by atoms with Gasteiger partial charge in [-0.1, -0.05) is 36.0 Å². The number of carbonyl (C=O) groups excluding carboxylic acids is 1. The molecule has 1 atom stereocenters. The molecule has 1 aliphatic rings. The number of fused-ring (bicyclic) bond motifs is 1. The second-order valence-corrected chi connectivity index (χ2v) is 6.05. The highest BCUT2D eigenvalue weighted by atomic mass is 32.2. The summed E-state index contributed by atoms with van der Waals surface area (Å²) < 4.78 is 0. The normalized spacial score (nSPS) is 17.9. The fourth-order valence-electron chi connectivity index (χ4n) is 2.42. The van der Waals surface area contributed by atoms with Crippen LogP contribution in [0.1, 0.15) is 28.0 Å². The van der Waals surface area contributed by atoms with Crippen LogP contribution in [0.25, 0.3) is 0 Å². The number of nitrogens with one attached hydrogen (secondary N) is 1. The SMILES string of the molecule is Cc1cc(=O)[nH]c(SC2CCc3ccccc3C2=O)n1. The summed E-state index contributed by atoms with van der Waals surface area (Å²) >= 11 is 1.35. The van der Waals surface area contributed by atoms with Gasteiger partial charge >= 0.3 is 0 Å². The summed E-state index contributed by atoms with van der Waals surface area (Å²) in [6.45, 7) is 1.78.